The first-order chi connectivity index (χ1) is 14.8. The van der Waals surface area contributed by atoms with Crippen molar-refractivity contribution in [3.05, 3.63) is 52.8 Å². The van der Waals surface area contributed by atoms with Gasteiger partial charge in [0.25, 0.3) is 5.91 Å². The van der Waals surface area contributed by atoms with E-state index in [1.807, 2.05) is 0 Å². The molecule has 8 nitrogen and oxygen atoms in total. The quantitative estimate of drug-likeness (QED) is 0.564. The number of thiazole rings is 1. The number of aliphatic hydroxyl groups excluding tert-OH is 1. The highest BCUT2D eigenvalue weighted by Gasteiger charge is 2.29. The summed E-state index contributed by atoms with van der Waals surface area (Å²) in [7, 11) is 1.72. The van der Waals surface area contributed by atoms with Crippen LogP contribution in [0.4, 0.5) is 14.5 Å². The molecule has 31 heavy (non-hydrogen) atoms. The minimum atomic E-state index is -0.761. The first kappa shape index (κ1) is 21.5. The van der Waals surface area contributed by atoms with Gasteiger partial charge in [-0.25, -0.2) is 13.8 Å². The van der Waals surface area contributed by atoms with Crippen LogP contribution >= 0.6 is 11.3 Å². The number of hydrogen-bond donors (Lipinski definition) is 3. The number of carbonyl (C=O) groups is 1. The molecular formula is C20H21F2N5O3S. The van der Waals surface area contributed by atoms with Crippen LogP contribution in [0.25, 0.3) is 10.6 Å². The molecule has 1 aliphatic heterocycles. The minimum Gasteiger partial charge on any atom is -0.389 e. The summed E-state index contributed by atoms with van der Waals surface area (Å²) in [6.45, 7) is 0.0774. The minimum absolute atomic E-state index is 0.0247. The van der Waals surface area contributed by atoms with Crippen LogP contribution in [0, 0.1) is 11.6 Å². The second-order valence-corrected chi connectivity index (χ2v) is 8.14. The summed E-state index contributed by atoms with van der Waals surface area (Å²) in [5.74, 6) is -2.04. The molecule has 1 aromatic carbocycles. The van der Waals surface area contributed by atoms with E-state index in [9.17, 15) is 18.7 Å². The van der Waals surface area contributed by atoms with Crippen LogP contribution < -0.4 is 11.1 Å². The monoisotopic (exact) mass is 449 g/mol. The second kappa shape index (κ2) is 8.79. The van der Waals surface area contributed by atoms with Gasteiger partial charge in [-0.1, -0.05) is 6.07 Å². The Morgan fingerprint density at radius 1 is 1.35 bits per heavy atom. The normalized spacial score (nSPS) is 21.6. The van der Waals surface area contributed by atoms with E-state index in [4.69, 9.17) is 10.5 Å². The Balaban J connectivity index is 1.55. The Kier molecular flexibility index (Phi) is 6.10. The average molecular weight is 449 g/mol. The molecule has 0 bridgehead atoms. The zero-order chi connectivity index (χ0) is 22.1. The third-order valence-electron chi connectivity index (χ3n) is 5.18. The SMILES string of the molecule is Cn1ncc(NC(=O)c2csc(-c3c(F)cccc3F)n2)c1[C@@H]1CC[C@@H](N)[C@H](O)CO1. The predicted octanol–water partition coefficient (Wildman–Crippen LogP) is 2.61. The molecular weight excluding hydrogens is 428 g/mol. The van der Waals surface area contributed by atoms with Gasteiger partial charge < -0.3 is 20.9 Å². The average Bonchev–Trinajstić information content (AvgIpc) is 3.31. The van der Waals surface area contributed by atoms with Gasteiger partial charge in [0, 0.05) is 18.5 Å². The Labute approximate surface area is 180 Å². The number of nitrogens with one attached hydrogen (secondary N) is 1. The van der Waals surface area contributed by atoms with E-state index < -0.39 is 29.7 Å². The van der Waals surface area contributed by atoms with Gasteiger partial charge >= 0.3 is 0 Å². The predicted molar refractivity (Wildman–Crippen MR) is 111 cm³/mol. The van der Waals surface area contributed by atoms with Crippen molar-refractivity contribution < 1.29 is 23.4 Å². The number of anilines is 1. The number of benzene rings is 1. The topological polar surface area (TPSA) is 115 Å². The number of halogens is 2. The summed E-state index contributed by atoms with van der Waals surface area (Å²) in [6.07, 6.45) is 1.41. The summed E-state index contributed by atoms with van der Waals surface area (Å²) in [6, 6.07) is 3.15. The van der Waals surface area contributed by atoms with Crippen LogP contribution in [0.2, 0.25) is 0 Å². The van der Waals surface area contributed by atoms with E-state index in [0.717, 1.165) is 23.5 Å². The molecule has 1 saturated heterocycles. The molecule has 4 rings (SSSR count). The first-order valence-corrected chi connectivity index (χ1v) is 10.5. The zero-order valence-electron chi connectivity index (χ0n) is 16.6. The van der Waals surface area contributed by atoms with Crippen molar-refractivity contribution >= 4 is 22.9 Å². The number of aliphatic hydroxyl groups is 1. The number of hydrogen-bond acceptors (Lipinski definition) is 7. The van der Waals surface area contributed by atoms with E-state index in [0.29, 0.717) is 24.2 Å². The standard InChI is InChI=1S/C20H21F2N5O3S/c1-27-18(16-6-5-12(23)15(28)8-30-16)13(7-24-27)25-19(29)14-9-31-20(26-14)17-10(21)3-2-4-11(17)22/h2-4,7,9,12,15-16,28H,5-6,8,23H2,1H3,(H,25,29)/t12-,15-,16+/m1/s1. The van der Waals surface area contributed by atoms with Gasteiger partial charge in [0.15, 0.2) is 0 Å². The molecule has 3 atom stereocenters. The van der Waals surface area contributed by atoms with Crippen molar-refractivity contribution in [3.63, 3.8) is 0 Å². The highest BCUT2D eigenvalue weighted by atomic mass is 32.1. The lowest BCUT2D eigenvalue weighted by Crippen LogP contribution is -2.35. The fourth-order valence-electron chi connectivity index (χ4n) is 3.48. The molecule has 0 unspecified atom stereocenters. The van der Waals surface area contributed by atoms with Crippen molar-refractivity contribution in [2.75, 3.05) is 11.9 Å². The van der Waals surface area contributed by atoms with E-state index in [-0.39, 0.29) is 28.9 Å². The van der Waals surface area contributed by atoms with E-state index in [1.165, 1.54) is 17.6 Å². The fourth-order valence-corrected chi connectivity index (χ4v) is 4.33. The smallest absolute Gasteiger partial charge is 0.275 e. The van der Waals surface area contributed by atoms with Crippen LogP contribution in [-0.2, 0) is 11.8 Å². The van der Waals surface area contributed by atoms with Gasteiger partial charge in [-0.3, -0.25) is 9.48 Å². The van der Waals surface area contributed by atoms with Crippen molar-refractivity contribution in [3.8, 4) is 10.6 Å². The summed E-state index contributed by atoms with van der Waals surface area (Å²) in [5.41, 5.74) is 6.73. The van der Waals surface area contributed by atoms with Crippen LogP contribution in [-0.4, -0.2) is 44.5 Å². The summed E-state index contributed by atoms with van der Waals surface area (Å²) >= 11 is 0.971. The molecule has 1 aliphatic rings. The van der Waals surface area contributed by atoms with Crippen LogP contribution in [0.15, 0.2) is 29.8 Å². The van der Waals surface area contributed by atoms with E-state index >= 15 is 0 Å². The molecule has 0 aliphatic carbocycles. The number of ether oxygens (including phenoxy) is 1. The highest BCUT2D eigenvalue weighted by molar-refractivity contribution is 7.13. The number of aromatic nitrogens is 3. The van der Waals surface area contributed by atoms with E-state index in [2.05, 4.69) is 15.4 Å². The van der Waals surface area contributed by atoms with Crippen molar-refractivity contribution in [1.29, 1.82) is 0 Å². The number of aryl methyl sites for hydroxylation is 1. The molecule has 0 radical (unpaired) electrons. The van der Waals surface area contributed by atoms with Crippen molar-refractivity contribution in [2.45, 2.75) is 31.1 Å². The van der Waals surface area contributed by atoms with Gasteiger partial charge in [-0.05, 0) is 25.0 Å². The fraction of sp³-hybridized carbons (Fsp3) is 0.350. The van der Waals surface area contributed by atoms with Crippen LogP contribution in [0.3, 0.4) is 0 Å². The van der Waals surface area contributed by atoms with Crippen molar-refractivity contribution in [1.82, 2.24) is 14.8 Å². The van der Waals surface area contributed by atoms with E-state index in [1.54, 1.807) is 11.7 Å². The maximum atomic E-state index is 14.0. The third kappa shape index (κ3) is 4.35. The molecule has 2 aromatic heterocycles. The van der Waals surface area contributed by atoms with Crippen LogP contribution in [0.5, 0.6) is 0 Å². The summed E-state index contributed by atoms with van der Waals surface area (Å²) in [5, 5.41) is 18.4. The van der Waals surface area contributed by atoms with Crippen molar-refractivity contribution in [2.24, 2.45) is 12.8 Å². The third-order valence-corrected chi connectivity index (χ3v) is 6.04. The van der Waals surface area contributed by atoms with Gasteiger partial charge in [0.2, 0.25) is 0 Å². The van der Waals surface area contributed by atoms with Gasteiger partial charge in [-0.2, -0.15) is 5.10 Å². The number of nitrogens with two attached hydrogens (primary N) is 1. The summed E-state index contributed by atoms with van der Waals surface area (Å²) < 4.78 is 35.4. The number of carbonyl (C=O) groups excluding carboxylic acids is 1. The maximum Gasteiger partial charge on any atom is 0.275 e. The van der Waals surface area contributed by atoms with Gasteiger partial charge in [-0.15, -0.1) is 11.3 Å². The van der Waals surface area contributed by atoms with Gasteiger partial charge in [0.05, 0.1) is 35.9 Å². The molecule has 3 heterocycles. The number of rotatable bonds is 4. The molecule has 3 aromatic rings. The largest absolute Gasteiger partial charge is 0.389 e. The number of nitrogens with zero attached hydrogens (tertiary/aromatic N) is 3. The second-order valence-electron chi connectivity index (χ2n) is 7.29. The van der Waals surface area contributed by atoms with Crippen LogP contribution in [0.1, 0.15) is 35.1 Å². The maximum absolute atomic E-state index is 14.0. The summed E-state index contributed by atoms with van der Waals surface area (Å²) in [4.78, 5) is 16.9. The lowest BCUT2D eigenvalue weighted by Gasteiger charge is -2.17. The lowest BCUT2D eigenvalue weighted by atomic mass is 10.0. The highest BCUT2D eigenvalue weighted by Crippen LogP contribution is 2.33. The molecule has 1 fully saturated rings. The lowest BCUT2D eigenvalue weighted by molar-refractivity contribution is -0.00229. The molecule has 0 spiro atoms. The Morgan fingerprint density at radius 2 is 2.10 bits per heavy atom. The molecule has 164 valence electrons. The first-order valence-electron chi connectivity index (χ1n) is 9.63. The molecule has 0 saturated carbocycles. The Hall–Kier alpha value is -2.73. The Morgan fingerprint density at radius 3 is 2.84 bits per heavy atom. The molecule has 11 heteroatoms. The zero-order valence-corrected chi connectivity index (χ0v) is 17.4. The van der Waals surface area contributed by atoms with Gasteiger partial charge in [0.1, 0.15) is 28.4 Å². The number of amides is 1. The molecule has 1 amide bonds. The molecule has 4 N–H and O–H groups in total. The Bertz CT molecular complexity index is 1070.